The fourth-order valence-corrected chi connectivity index (χ4v) is 3.92. The molecule has 5 heteroatoms. The van der Waals surface area contributed by atoms with E-state index in [1.165, 1.54) is 32.1 Å². The van der Waals surface area contributed by atoms with Crippen molar-refractivity contribution in [3.8, 4) is 0 Å². The van der Waals surface area contributed by atoms with Gasteiger partial charge in [0.25, 0.3) is 0 Å². The van der Waals surface area contributed by atoms with Crippen LogP contribution in [-0.2, 0) is 11.2 Å². The normalized spacial score (nSPS) is 17.7. The van der Waals surface area contributed by atoms with E-state index in [1.807, 2.05) is 0 Å². The first-order valence-corrected chi connectivity index (χ1v) is 9.12. The molecule has 0 bridgehead atoms. The molecule has 0 spiro atoms. The van der Waals surface area contributed by atoms with Gasteiger partial charge in [-0.25, -0.2) is 9.97 Å². The van der Waals surface area contributed by atoms with Gasteiger partial charge in [-0.2, -0.15) is 0 Å². The van der Waals surface area contributed by atoms with Crippen LogP contribution >= 0.6 is 22.6 Å². The predicted molar refractivity (Wildman–Crippen MR) is 94.6 cm³/mol. The number of rotatable bonds is 6. The third-order valence-corrected chi connectivity index (χ3v) is 5.34. The molecule has 1 aliphatic rings. The number of nitrogens with one attached hydrogen (secondary N) is 1. The van der Waals surface area contributed by atoms with Gasteiger partial charge < -0.3 is 10.1 Å². The molecule has 1 atom stereocenters. The molecule has 1 unspecified atom stereocenters. The largest absolute Gasteiger partial charge is 0.373 e. The van der Waals surface area contributed by atoms with Crippen LogP contribution in [0.15, 0.2) is 0 Å². The first kappa shape index (κ1) is 16.9. The number of aromatic nitrogens is 2. The topological polar surface area (TPSA) is 47.0 Å². The second kappa shape index (κ2) is 8.27. The molecule has 0 aliphatic heterocycles. The van der Waals surface area contributed by atoms with Crippen LogP contribution < -0.4 is 5.32 Å². The number of hydrogen-bond acceptors (Lipinski definition) is 4. The SMILES string of the molecule is CCNc1nc(C(OC)C2CCCCC2)nc(CC)c1I. The van der Waals surface area contributed by atoms with E-state index in [4.69, 9.17) is 14.7 Å². The van der Waals surface area contributed by atoms with E-state index >= 15 is 0 Å². The fourth-order valence-electron chi connectivity index (χ4n) is 3.10. The summed E-state index contributed by atoms with van der Waals surface area (Å²) in [6.07, 6.45) is 7.37. The molecule has 118 valence electrons. The van der Waals surface area contributed by atoms with Crippen molar-refractivity contribution >= 4 is 28.4 Å². The molecular formula is C16H26IN3O. The summed E-state index contributed by atoms with van der Waals surface area (Å²) in [4.78, 5) is 9.56. The average molecular weight is 403 g/mol. The van der Waals surface area contributed by atoms with Gasteiger partial charge in [0, 0.05) is 13.7 Å². The minimum Gasteiger partial charge on any atom is -0.373 e. The third kappa shape index (κ3) is 4.06. The molecule has 1 fully saturated rings. The molecule has 1 aromatic heterocycles. The Kier molecular flexibility index (Phi) is 6.67. The van der Waals surface area contributed by atoms with Gasteiger partial charge in [0.15, 0.2) is 5.82 Å². The Labute approximate surface area is 141 Å². The summed E-state index contributed by atoms with van der Waals surface area (Å²) in [5.41, 5.74) is 1.12. The number of aryl methyl sites for hydroxylation is 1. The maximum Gasteiger partial charge on any atom is 0.160 e. The van der Waals surface area contributed by atoms with Crippen LogP contribution in [0.3, 0.4) is 0 Å². The molecule has 1 aromatic rings. The Hall–Kier alpha value is -0.430. The quantitative estimate of drug-likeness (QED) is 0.718. The van der Waals surface area contributed by atoms with Gasteiger partial charge in [0.1, 0.15) is 11.9 Å². The van der Waals surface area contributed by atoms with Gasteiger partial charge in [-0.05, 0) is 54.7 Å². The van der Waals surface area contributed by atoms with Crippen molar-refractivity contribution in [2.24, 2.45) is 5.92 Å². The zero-order chi connectivity index (χ0) is 15.2. The highest BCUT2D eigenvalue weighted by molar-refractivity contribution is 14.1. The lowest BCUT2D eigenvalue weighted by Gasteiger charge is -2.28. The molecule has 0 saturated heterocycles. The Balaban J connectivity index is 2.33. The molecule has 4 nitrogen and oxygen atoms in total. The highest BCUT2D eigenvalue weighted by atomic mass is 127. The van der Waals surface area contributed by atoms with Crippen molar-refractivity contribution in [1.82, 2.24) is 9.97 Å². The van der Waals surface area contributed by atoms with E-state index in [9.17, 15) is 0 Å². The van der Waals surface area contributed by atoms with E-state index in [-0.39, 0.29) is 6.10 Å². The van der Waals surface area contributed by atoms with Crippen LogP contribution in [0, 0.1) is 9.49 Å². The summed E-state index contributed by atoms with van der Waals surface area (Å²) in [5.74, 6) is 2.37. The van der Waals surface area contributed by atoms with E-state index in [2.05, 4.69) is 41.8 Å². The van der Waals surface area contributed by atoms with E-state index in [0.29, 0.717) is 5.92 Å². The summed E-state index contributed by atoms with van der Waals surface area (Å²) in [7, 11) is 1.79. The van der Waals surface area contributed by atoms with E-state index < -0.39 is 0 Å². The number of halogens is 1. The summed E-state index contributed by atoms with van der Waals surface area (Å²) < 4.78 is 6.93. The fraction of sp³-hybridized carbons (Fsp3) is 0.750. The molecule has 21 heavy (non-hydrogen) atoms. The monoisotopic (exact) mass is 403 g/mol. The van der Waals surface area contributed by atoms with Crippen molar-refractivity contribution in [1.29, 1.82) is 0 Å². The second-order valence-corrected chi connectivity index (χ2v) is 6.71. The molecule has 2 rings (SSSR count). The number of nitrogens with zero attached hydrogens (tertiary/aromatic N) is 2. The molecular weight excluding hydrogens is 377 g/mol. The maximum atomic E-state index is 5.79. The molecule has 0 amide bonds. The molecule has 1 heterocycles. The Morgan fingerprint density at radius 1 is 1.24 bits per heavy atom. The molecule has 1 N–H and O–H groups in total. The smallest absolute Gasteiger partial charge is 0.160 e. The summed E-state index contributed by atoms with van der Waals surface area (Å²) in [5, 5.41) is 3.36. The molecule has 1 saturated carbocycles. The van der Waals surface area contributed by atoms with Crippen molar-refractivity contribution in [2.75, 3.05) is 19.0 Å². The van der Waals surface area contributed by atoms with Crippen LogP contribution in [0.25, 0.3) is 0 Å². The minimum atomic E-state index is 0.0324. The van der Waals surface area contributed by atoms with Gasteiger partial charge in [-0.15, -0.1) is 0 Å². The van der Waals surface area contributed by atoms with Gasteiger partial charge in [0.2, 0.25) is 0 Å². The van der Waals surface area contributed by atoms with Crippen LogP contribution in [-0.4, -0.2) is 23.6 Å². The second-order valence-electron chi connectivity index (χ2n) is 5.63. The first-order valence-electron chi connectivity index (χ1n) is 8.04. The molecule has 0 radical (unpaired) electrons. The van der Waals surface area contributed by atoms with Gasteiger partial charge in [0.05, 0.1) is 9.26 Å². The van der Waals surface area contributed by atoms with Crippen molar-refractivity contribution < 1.29 is 4.74 Å². The van der Waals surface area contributed by atoms with Gasteiger partial charge in [-0.3, -0.25) is 0 Å². The van der Waals surface area contributed by atoms with Crippen LogP contribution in [0.4, 0.5) is 5.82 Å². The lowest BCUT2D eigenvalue weighted by atomic mass is 9.85. The average Bonchev–Trinajstić information content (AvgIpc) is 2.52. The van der Waals surface area contributed by atoms with Crippen molar-refractivity contribution in [2.45, 2.75) is 58.5 Å². The Bertz CT molecular complexity index is 461. The minimum absolute atomic E-state index is 0.0324. The lowest BCUT2D eigenvalue weighted by Crippen LogP contribution is -2.22. The maximum absolute atomic E-state index is 5.79. The summed E-state index contributed by atoms with van der Waals surface area (Å²) >= 11 is 2.34. The van der Waals surface area contributed by atoms with Crippen molar-refractivity contribution in [3.63, 3.8) is 0 Å². The number of ether oxygens (including phenoxy) is 1. The zero-order valence-corrected chi connectivity index (χ0v) is 15.4. The summed E-state index contributed by atoms with van der Waals surface area (Å²) in [6, 6.07) is 0. The molecule has 0 aromatic carbocycles. The van der Waals surface area contributed by atoms with Crippen LogP contribution in [0.1, 0.15) is 63.6 Å². The van der Waals surface area contributed by atoms with E-state index in [0.717, 1.165) is 33.9 Å². The van der Waals surface area contributed by atoms with Gasteiger partial charge in [-0.1, -0.05) is 26.2 Å². The Morgan fingerprint density at radius 3 is 2.52 bits per heavy atom. The lowest BCUT2D eigenvalue weighted by molar-refractivity contribution is 0.0288. The van der Waals surface area contributed by atoms with E-state index in [1.54, 1.807) is 7.11 Å². The Morgan fingerprint density at radius 2 is 1.95 bits per heavy atom. The first-order chi connectivity index (χ1) is 10.2. The standard InChI is InChI=1S/C16H26IN3O/c1-4-12-13(17)15(18-5-2)20-16(19-12)14(21-3)11-9-7-6-8-10-11/h11,14H,4-10H2,1-3H3,(H,18,19,20). The van der Waals surface area contributed by atoms with Crippen LogP contribution in [0.2, 0.25) is 0 Å². The van der Waals surface area contributed by atoms with Crippen LogP contribution in [0.5, 0.6) is 0 Å². The van der Waals surface area contributed by atoms with Gasteiger partial charge >= 0.3 is 0 Å². The predicted octanol–water partition coefficient (Wildman–Crippen LogP) is 4.34. The number of anilines is 1. The molecule has 1 aliphatic carbocycles. The van der Waals surface area contributed by atoms with Crippen molar-refractivity contribution in [3.05, 3.63) is 15.1 Å². The highest BCUT2D eigenvalue weighted by Gasteiger charge is 2.28. The highest BCUT2D eigenvalue weighted by Crippen LogP contribution is 2.36. The number of hydrogen-bond donors (Lipinski definition) is 1. The zero-order valence-electron chi connectivity index (χ0n) is 13.3. The third-order valence-electron chi connectivity index (χ3n) is 4.20. The number of methoxy groups -OCH3 is 1. The summed E-state index contributed by atoms with van der Waals surface area (Å²) in [6.45, 7) is 5.11.